The van der Waals surface area contributed by atoms with Crippen LogP contribution in [0.15, 0.2) is 28.4 Å². The normalized spacial score (nSPS) is 13.1. The lowest BCUT2D eigenvalue weighted by atomic mass is 9.99. The van der Waals surface area contributed by atoms with Gasteiger partial charge in [0.1, 0.15) is 10.7 Å². The minimum Gasteiger partial charge on any atom is -0.389 e. The smallest absolute Gasteiger partial charge is 0.260 e. The van der Waals surface area contributed by atoms with E-state index in [0.717, 1.165) is 27.1 Å². The molecule has 0 fully saturated rings. The Morgan fingerprint density at radius 3 is 2.59 bits per heavy atom. The van der Waals surface area contributed by atoms with Crippen LogP contribution in [0.25, 0.3) is 21.3 Å². The van der Waals surface area contributed by atoms with Crippen molar-refractivity contribution in [3.8, 4) is 11.1 Å². The molecule has 1 unspecified atom stereocenters. The van der Waals surface area contributed by atoms with Crippen LogP contribution in [0.2, 0.25) is 0 Å². The van der Waals surface area contributed by atoms with Crippen molar-refractivity contribution in [3.63, 3.8) is 0 Å². The maximum Gasteiger partial charge on any atom is 0.260 e. The number of nitrogens with zero attached hydrogens (tertiary/aromatic N) is 2. The van der Waals surface area contributed by atoms with Gasteiger partial charge < -0.3 is 14.8 Å². The first kappa shape index (κ1) is 24.6. The Kier molecular flexibility index (Phi) is 8.22. The Balaban J connectivity index is 1.82. The van der Waals surface area contributed by atoms with Crippen LogP contribution in [0, 0.1) is 19.8 Å². The first-order valence-electron chi connectivity index (χ1n) is 11.2. The van der Waals surface area contributed by atoms with Crippen molar-refractivity contribution in [2.75, 3.05) is 19.8 Å². The van der Waals surface area contributed by atoms with E-state index in [1.165, 1.54) is 11.3 Å². The number of aliphatic hydroxyl groups is 1. The number of nitrogens with one attached hydrogen (secondary N) is 1. The molecule has 1 aromatic carbocycles. The van der Waals surface area contributed by atoms with Gasteiger partial charge in [0, 0.05) is 30.1 Å². The number of aromatic amines is 1. The molecule has 174 valence electrons. The van der Waals surface area contributed by atoms with Gasteiger partial charge in [-0.2, -0.15) is 0 Å². The summed E-state index contributed by atoms with van der Waals surface area (Å²) in [5, 5.41) is 13.1. The fourth-order valence-electron chi connectivity index (χ4n) is 3.71. The number of hydrogen-bond donors (Lipinski definition) is 2. The lowest BCUT2D eigenvalue weighted by Gasteiger charge is -2.28. The second-order valence-electron chi connectivity index (χ2n) is 9.27. The van der Waals surface area contributed by atoms with Crippen LogP contribution in [-0.4, -0.2) is 51.9 Å². The van der Waals surface area contributed by atoms with Gasteiger partial charge in [0.2, 0.25) is 0 Å². The molecule has 32 heavy (non-hydrogen) atoms. The van der Waals surface area contributed by atoms with Crippen molar-refractivity contribution in [3.05, 3.63) is 50.9 Å². The Morgan fingerprint density at radius 2 is 1.91 bits per heavy atom. The number of aliphatic hydroxyl groups excluding tert-OH is 1. The van der Waals surface area contributed by atoms with Crippen molar-refractivity contribution in [1.29, 1.82) is 0 Å². The monoisotopic (exact) mass is 457 g/mol. The molecule has 3 aromatic rings. The number of aryl methyl sites for hydroxylation is 2. The summed E-state index contributed by atoms with van der Waals surface area (Å²) < 4.78 is 5.58. The van der Waals surface area contributed by atoms with Crippen LogP contribution >= 0.6 is 11.3 Å². The third kappa shape index (κ3) is 6.04. The van der Waals surface area contributed by atoms with Gasteiger partial charge in [0.05, 0.1) is 24.6 Å². The molecule has 0 bridgehead atoms. The van der Waals surface area contributed by atoms with E-state index in [1.807, 2.05) is 5.38 Å². The molecule has 2 aromatic heterocycles. The third-order valence-corrected chi connectivity index (χ3v) is 6.34. The zero-order chi connectivity index (χ0) is 23.4. The molecule has 0 aliphatic carbocycles. The Hall–Kier alpha value is -2.06. The zero-order valence-corrected chi connectivity index (χ0v) is 20.8. The van der Waals surface area contributed by atoms with Crippen LogP contribution in [-0.2, 0) is 11.3 Å². The van der Waals surface area contributed by atoms with Crippen molar-refractivity contribution < 1.29 is 9.84 Å². The van der Waals surface area contributed by atoms with E-state index >= 15 is 0 Å². The number of thiophene rings is 1. The third-order valence-electron chi connectivity index (χ3n) is 5.47. The highest BCUT2D eigenvalue weighted by molar-refractivity contribution is 7.17. The predicted molar refractivity (Wildman–Crippen MR) is 132 cm³/mol. The van der Waals surface area contributed by atoms with E-state index in [2.05, 4.69) is 69.6 Å². The van der Waals surface area contributed by atoms with Crippen LogP contribution in [0.3, 0.4) is 0 Å². The van der Waals surface area contributed by atoms with Crippen LogP contribution < -0.4 is 5.56 Å². The SMILES string of the molecule is Cc1ccc(C)c(-c2csc3nc(CN(CC(O)COCC(C)C)C(C)C)[nH]c(=O)c23)c1. The van der Waals surface area contributed by atoms with E-state index in [4.69, 9.17) is 9.72 Å². The number of H-pyrrole nitrogens is 1. The summed E-state index contributed by atoms with van der Waals surface area (Å²) in [6, 6.07) is 6.47. The fourth-order valence-corrected chi connectivity index (χ4v) is 4.66. The summed E-state index contributed by atoms with van der Waals surface area (Å²) in [4.78, 5) is 23.6. The van der Waals surface area contributed by atoms with E-state index in [0.29, 0.717) is 43.4 Å². The number of ether oxygens (including phenoxy) is 1. The van der Waals surface area contributed by atoms with Crippen LogP contribution in [0.5, 0.6) is 0 Å². The van der Waals surface area contributed by atoms with Gasteiger partial charge in [-0.15, -0.1) is 11.3 Å². The fraction of sp³-hybridized carbons (Fsp3) is 0.520. The molecule has 2 N–H and O–H groups in total. The average molecular weight is 458 g/mol. The van der Waals surface area contributed by atoms with Gasteiger partial charge in [-0.05, 0) is 44.7 Å². The highest BCUT2D eigenvalue weighted by Crippen LogP contribution is 2.33. The molecule has 3 rings (SSSR count). The lowest BCUT2D eigenvalue weighted by Crippen LogP contribution is -2.39. The molecule has 0 spiro atoms. The maximum absolute atomic E-state index is 13.1. The van der Waals surface area contributed by atoms with Crippen molar-refractivity contribution in [2.24, 2.45) is 5.92 Å². The van der Waals surface area contributed by atoms with E-state index < -0.39 is 6.10 Å². The minimum absolute atomic E-state index is 0.119. The van der Waals surface area contributed by atoms with E-state index in [-0.39, 0.29) is 11.6 Å². The topological polar surface area (TPSA) is 78.5 Å². The van der Waals surface area contributed by atoms with Gasteiger partial charge in [-0.1, -0.05) is 37.6 Å². The highest BCUT2D eigenvalue weighted by atomic mass is 32.1. The van der Waals surface area contributed by atoms with Crippen molar-refractivity contribution in [1.82, 2.24) is 14.9 Å². The Morgan fingerprint density at radius 1 is 1.16 bits per heavy atom. The van der Waals surface area contributed by atoms with Crippen molar-refractivity contribution >= 4 is 21.6 Å². The molecule has 0 saturated heterocycles. The lowest BCUT2D eigenvalue weighted by molar-refractivity contribution is 0.00129. The van der Waals surface area contributed by atoms with Crippen LogP contribution in [0.4, 0.5) is 0 Å². The van der Waals surface area contributed by atoms with Gasteiger partial charge in [-0.3, -0.25) is 9.69 Å². The zero-order valence-electron chi connectivity index (χ0n) is 19.9. The Bertz CT molecular complexity index is 1100. The maximum atomic E-state index is 13.1. The number of fused-ring (bicyclic) bond motifs is 1. The standard InChI is InChI=1S/C25H35N3O3S/c1-15(2)12-31-13-19(29)10-28(16(3)4)11-22-26-24(30)23-21(14-32-25(23)27-22)20-9-17(5)7-8-18(20)6/h7-9,14-16,19,29H,10-13H2,1-6H3,(H,26,27,30). The summed E-state index contributed by atoms with van der Waals surface area (Å²) in [5.74, 6) is 1.05. The molecule has 0 saturated carbocycles. The first-order valence-corrected chi connectivity index (χ1v) is 12.1. The molecule has 6 nitrogen and oxygen atoms in total. The van der Waals surface area contributed by atoms with Gasteiger partial charge in [0.25, 0.3) is 5.56 Å². The van der Waals surface area contributed by atoms with Crippen LogP contribution in [0.1, 0.15) is 44.6 Å². The minimum atomic E-state index is -0.593. The van der Waals surface area contributed by atoms with Crippen molar-refractivity contribution in [2.45, 2.75) is 60.2 Å². The largest absolute Gasteiger partial charge is 0.389 e. The summed E-state index contributed by atoms with van der Waals surface area (Å²) >= 11 is 1.50. The second-order valence-corrected chi connectivity index (χ2v) is 10.1. The summed E-state index contributed by atoms with van der Waals surface area (Å²) in [5.41, 5.74) is 4.19. The van der Waals surface area contributed by atoms with E-state index in [9.17, 15) is 9.90 Å². The molecule has 2 heterocycles. The van der Waals surface area contributed by atoms with Gasteiger partial charge in [-0.25, -0.2) is 4.98 Å². The number of aromatic nitrogens is 2. The average Bonchev–Trinajstić information content (AvgIpc) is 3.13. The molecular weight excluding hydrogens is 422 g/mol. The summed E-state index contributed by atoms with van der Waals surface area (Å²) in [7, 11) is 0. The number of rotatable bonds is 10. The second kappa shape index (κ2) is 10.7. The first-order chi connectivity index (χ1) is 15.2. The molecule has 7 heteroatoms. The highest BCUT2D eigenvalue weighted by Gasteiger charge is 2.19. The molecule has 0 radical (unpaired) electrons. The molecule has 0 aliphatic rings. The quantitative estimate of drug-likeness (QED) is 0.468. The molecule has 0 amide bonds. The summed E-state index contributed by atoms with van der Waals surface area (Å²) in [6.45, 7) is 14.3. The van der Waals surface area contributed by atoms with Gasteiger partial charge in [0.15, 0.2) is 0 Å². The van der Waals surface area contributed by atoms with E-state index in [1.54, 1.807) is 0 Å². The Labute approximate surface area is 194 Å². The summed E-state index contributed by atoms with van der Waals surface area (Å²) in [6.07, 6.45) is -0.593. The molecule has 0 aliphatic heterocycles. The predicted octanol–water partition coefficient (Wildman–Crippen LogP) is 4.51. The molecule has 1 atom stereocenters. The number of hydrogen-bond acceptors (Lipinski definition) is 6. The number of benzene rings is 1. The van der Waals surface area contributed by atoms with Gasteiger partial charge >= 0.3 is 0 Å². The molecular formula is C25H35N3O3S.